The number of aryl methyl sites for hydroxylation is 1. The van der Waals surface area contributed by atoms with E-state index in [-0.39, 0.29) is 43.2 Å². The van der Waals surface area contributed by atoms with Crippen molar-refractivity contribution in [2.45, 2.75) is 64.7 Å². The number of fused-ring (bicyclic) bond motifs is 9. The summed E-state index contributed by atoms with van der Waals surface area (Å²) in [6.07, 6.45) is 2.87. The number of likely N-dealkylation sites (N-methyl/N-ethyl adjacent to an activating group) is 1. The van der Waals surface area contributed by atoms with Crippen LogP contribution in [0.15, 0.2) is 18.7 Å². The van der Waals surface area contributed by atoms with Crippen LogP contribution in [0, 0.1) is 20.8 Å². The third kappa shape index (κ3) is 3.06. The van der Waals surface area contributed by atoms with E-state index in [9.17, 15) is 9.59 Å². The lowest BCUT2D eigenvalue weighted by molar-refractivity contribution is -0.153. The van der Waals surface area contributed by atoms with Gasteiger partial charge in [-0.3, -0.25) is 14.5 Å². The molecule has 1 amide bonds. The number of rotatable bonds is 5. The van der Waals surface area contributed by atoms with Crippen LogP contribution in [0.3, 0.4) is 0 Å². The van der Waals surface area contributed by atoms with Gasteiger partial charge in [0, 0.05) is 11.1 Å². The van der Waals surface area contributed by atoms with Gasteiger partial charge in [-0.05, 0) is 62.9 Å². The van der Waals surface area contributed by atoms with Gasteiger partial charge in [-0.1, -0.05) is 25.6 Å². The molecule has 0 radical (unpaired) electrons. The largest absolute Gasteiger partial charge is 0.496 e. The summed E-state index contributed by atoms with van der Waals surface area (Å²) < 4.78 is 23.7. The van der Waals surface area contributed by atoms with Crippen LogP contribution >= 0.6 is 0 Å². The van der Waals surface area contributed by atoms with Gasteiger partial charge in [-0.25, -0.2) is 0 Å². The summed E-state index contributed by atoms with van der Waals surface area (Å²) in [4.78, 5) is 32.9. The lowest BCUT2D eigenvalue weighted by Crippen LogP contribution is -2.68. The molecule has 2 aromatic carbocycles. The Morgan fingerprint density at radius 3 is 2.50 bits per heavy atom. The molecule has 0 spiro atoms. The summed E-state index contributed by atoms with van der Waals surface area (Å²) in [7, 11) is 3.64. The van der Waals surface area contributed by atoms with E-state index in [1.807, 2.05) is 32.7 Å². The average molecular weight is 519 g/mol. The summed E-state index contributed by atoms with van der Waals surface area (Å²) in [6, 6.07) is 0.388. The molecule has 200 valence electrons. The summed E-state index contributed by atoms with van der Waals surface area (Å²) in [5, 5.41) is 0. The maximum atomic E-state index is 14.7. The Balaban J connectivity index is 1.64. The molecular formula is C30H34N2O6. The zero-order chi connectivity index (χ0) is 27.0. The third-order valence-corrected chi connectivity index (χ3v) is 8.77. The Hall–Kier alpha value is -3.52. The zero-order valence-electron chi connectivity index (χ0n) is 22.8. The number of methoxy groups -OCH3 is 1. The molecule has 0 aromatic heterocycles. The van der Waals surface area contributed by atoms with Gasteiger partial charge in [0.2, 0.25) is 12.7 Å². The molecule has 4 aliphatic rings. The number of ketones is 1. The fourth-order valence-corrected chi connectivity index (χ4v) is 7.29. The van der Waals surface area contributed by atoms with Crippen molar-refractivity contribution in [1.29, 1.82) is 0 Å². The second kappa shape index (κ2) is 8.76. The fourth-order valence-electron chi connectivity index (χ4n) is 7.29. The van der Waals surface area contributed by atoms with Crippen LogP contribution in [0.2, 0.25) is 0 Å². The lowest BCUT2D eigenvalue weighted by Gasteiger charge is -2.56. The van der Waals surface area contributed by atoms with Crippen molar-refractivity contribution in [1.82, 2.24) is 9.80 Å². The van der Waals surface area contributed by atoms with Crippen molar-refractivity contribution in [3.8, 4) is 23.0 Å². The van der Waals surface area contributed by atoms with Gasteiger partial charge in [-0.2, -0.15) is 0 Å². The maximum absolute atomic E-state index is 14.7. The van der Waals surface area contributed by atoms with Crippen molar-refractivity contribution in [3.05, 3.63) is 57.7 Å². The number of carbonyl (C=O) groups excluding carboxylic acids is 2. The number of hydrogen-bond donors (Lipinski definition) is 0. The van der Waals surface area contributed by atoms with Crippen molar-refractivity contribution in [2.75, 3.05) is 27.6 Å². The minimum atomic E-state index is -0.711. The normalized spacial score (nSPS) is 25.1. The molecule has 8 heteroatoms. The number of amides is 1. The molecule has 1 fully saturated rings. The van der Waals surface area contributed by atoms with Gasteiger partial charge < -0.3 is 23.8 Å². The molecule has 8 nitrogen and oxygen atoms in total. The first kappa shape index (κ1) is 24.8. The summed E-state index contributed by atoms with van der Waals surface area (Å²) in [5.41, 5.74) is 6.14. The summed E-state index contributed by atoms with van der Waals surface area (Å²) in [6.45, 7) is 12.1. The van der Waals surface area contributed by atoms with E-state index in [1.54, 1.807) is 13.2 Å². The first-order valence-electron chi connectivity index (χ1n) is 13.2. The number of nitrogens with zero attached hydrogens (tertiary/aromatic N) is 2. The van der Waals surface area contributed by atoms with E-state index in [0.717, 1.165) is 33.6 Å². The second-order valence-electron chi connectivity index (χ2n) is 10.6. The quantitative estimate of drug-likeness (QED) is 0.544. The Morgan fingerprint density at radius 1 is 1.08 bits per heavy atom. The van der Waals surface area contributed by atoms with E-state index >= 15 is 0 Å². The molecule has 1 saturated heterocycles. The average Bonchev–Trinajstić information content (AvgIpc) is 3.38. The van der Waals surface area contributed by atoms with Crippen LogP contribution in [-0.2, 0) is 11.2 Å². The highest BCUT2D eigenvalue weighted by Crippen LogP contribution is 2.57. The number of ether oxygens (including phenoxy) is 4. The SMILES string of the molecule is C=CCOc1c(C)c2c(c3c1C(=O)[C@@H]1C4c5c(cc(C)c(OC)c5C)CC(C(=O)N1[C@H]3CC)N4C)OCO2. The number of hydrogen-bond acceptors (Lipinski definition) is 7. The minimum absolute atomic E-state index is 0.0295. The number of carbonyl (C=O) groups is 2. The molecule has 4 heterocycles. The van der Waals surface area contributed by atoms with Crippen LogP contribution < -0.4 is 18.9 Å². The van der Waals surface area contributed by atoms with E-state index in [1.165, 1.54) is 0 Å². The molecule has 4 atom stereocenters. The van der Waals surface area contributed by atoms with E-state index in [2.05, 4.69) is 24.5 Å². The third-order valence-electron chi connectivity index (χ3n) is 8.77. The predicted molar refractivity (Wildman–Crippen MR) is 141 cm³/mol. The van der Waals surface area contributed by atoms with E-state index in [4.69, 9.17) is 18.9 Å². The van der Waals surface area contributed by atoms with Gasteiger partial charge in [0.15, 0.2) is 17.3 Å². The molecule has 0 saturated carbocycles. The molecule has 2 bridgehead atoms. The van der Waals surface area contributed by atoms with Crippen LogP contribution in [0.1, 0.15) is 69.2 Å². The smallest absolute Gasteiger partial charge is 0.241 e. The van der Waals surface area contributed by atoms with Gasteiger partial charge in [0.25, 0.3) is 0 Å². The monoisotopic (exact) mass is 518 g/mol. The second-order valence-corrected chi connectivity index (χ2v) is 10.6. The van der Waals surface area contributed by atoms with Crippen molar-refractivity contribution in [3.63, 3.8) is 0 Å². The highest BCUT2D eigenvalue weighted by atomic mass is 16.7. The molecule has 0 N–H and O–H groups in total. The topological polar surface area (TPSA) is 77.5 Å². The van der Waals surface area contributed by atoms with Crippen molar-refractivity contribution in [2.24, 2.45) is 0 Å². The fraction of sp³-hybridized carbons (Fsp3) is 0.467. The highest BCUT2D eigenvalue weighted by molar-refractivity contribution is 6.10. The Labute approximate surface area is 223 Å². The summed E-state index contributed by atoms with van der Waals surface area (Å²) >= 11 is 0. The Morgan fingerprint density at radius 2 is 1.82 bits per heavy atom. The van der Waals surface area contributed by atoms with Crippen LogP contribution in [-0.4, -0.2) is 61.1 Å². The van der Waals surface area contributed by atoms with Crippen LogP contribution in [0.25, 0.3) is 0 Å². The molecule has 0 aliphatic carbocycles. The minimum Gasteiger partial charge on any atom is -0.496 e. The van der Waals surface area contributed by atoms with Crippen LogP contribution in [0.5, 0.6) is 23.0 Å². The van der Waals surface area contributed by atoms with Crippen molar-refractivity contribution < 1.29 is 28.5 Å². The Kier molecular flexibility index (Phi) is 5.72. The van der Waals surface area contributed by atoms with E-state index < -0.39 is 6.04 Å². The number of piperazine rings is 1. The number of benzene rings is 2. The first-order chi connectivity index (χ1) is 18.3. The molecule has 6 rings (SSSR count). The maximum Gasteiger partial charge on any atom is 0.241 e. The predicted octanol–water partition coefficient (Wildman–Crippen LogP) is 4.37. The van der Waals surface area contributed by atoms with Gasteiger partial charge in [0.05, 0.1) is 30.8 Å². The molecule has 2 aromatic rings. The lowest BCUT2D eigenvalue weighted by atomic mass is 9.72. The van der Waals surface area contributed by atoms with Crippen molar-refractivity contribution >= 4 is 11.7 Å². The van der Waals surface area contributed by atoms with Gasteiger partial charge in [-0.15, -0.1) is 0 Å². The first-order valence-corrected chi connectivity index (χ1v) is 13.2. The zero-order valence-corrected chi connectivity index (χ0v) is 22.8. The van der Waals surface area contributed by atoms with Gasteiger partial charge in [0.1, 0.15) is 24.1 Å². The highest BCUT2D eigenvalue weighted by Gasteiger charge is 2.58. The van der Waals surface area contributed by atoms with Gasteiger partial charge >= 0.3 is 0 Å². The van der Waals surface area contributed by atoms with E-state index in [0.29, 0.717) is 41.2 Å². The standard InChI is InChI=1S/C30H34N2O6/c1-8-10-36-27-16(5)28-29(38-13-37-28)21-18(9-2)32-24(25(33)22(21)27)23-20-15(4)26(35-7)14(3)11-17(20)12-19(30(32)34)31(23)6/h8,11,18-19,23-24H,1,9-10,12-13H2,2-7H3/t18-,19?,23?,24-/m0/s1. The Bertz CT molecular complexity index is 1400. The number of Topliss-reactive ketones (excluding diaryl/α,β-unsaturated/α-hetero) is 1. The summed E-state index contributed by atoms with van der Waals surface area (Å²) in [5.74, 6) is 2.27. The van der Waals surface area contributed by atoms with Crippen LogP contribution in [0.4, 0.5) is 0 Å². The molecular weight excluding hydrogens is 484 g/mol. The molecule has 2 unspecified atom stereocenters. The molecule has 4 aliphatic heterocycles. The molecule has 38 heavy (non-hydrogen) atoms.